The predicted octanol–water partition coefficient (Wildman–Crippen LogP) is -2.08. The van der Waals surface area contributed by atoms with Gasteiger partial charge in [-0.2, -0.15) is 5.10 Å². The molecular weight excluding hydrogens is 150 g/mol. The number of aliphatic hydroxyl groups is 2. The fourth-order valence-electron chi connectivity index (χ4n) is 0.685. The van der Waals surface area contributed by atoms with Crippen LogP contribution < -0.4 is 5.69 Å². The number of aromatic nitrogens is 3. The van der Waals surface area contributed by atoms with E-state index < -0.39 is 11.8 Å². The molecule has 1 aromatic rings. The Hall–Kier alpha value is -1.14. The molecule has 0 saturated carbocycles. The van der Waals surface area contributed by atoms with Gasteiger partial charge in [-0.15, -0.1) is 0 Å². The van der Waals surface area contributed by atoms with E-state index >= 15 is 0 Å². The maximum atomic E-state index is 10.7. The van der Waals surface area contributed by atoms with Crippen LogP contribution in [-0.4, -0.2) is 37.7 Å². The minimum absolute atomic E-state index is 0.0613. The second kappa shape index (κ2) is 3.31. The van der Waals surface area contributed by atoms with Crippen molar-refractivity contribution in [3.05, 3.63) is 16.8 Å². The average molecular weight is 159 g/mol. The highest BCUT2D eigenvalue weighted by Crippen LogP contribution is 1.84. The predicted molar refractivity (Wildman–Crippen MR) is 35.9 cm³/mol. The van der Waals surface area contributed by atoms with Gasteiger partial charge in [0.25, 0.3) is 0 Å². The van der Waals surface area contributed by atoms with Crippen molar-refractivity contribution in [1.82, 2.24) is 14.8 Å². The molecule has 0 spiro atoms. The smallest absolute Gasteiger partial charge is 0.343 e. The molecular formula is C5H9N3O3. The quantitative estimate of drug-likeness (QED) is 0.472. The first kappa shape index (κ1) is 7.96. The van der Waals surface area contributed by atoms with Gasteiger partial charge in [0.05, 0.1) is 19.3 Å². The molecule has 0 amide bonds. The molecule has 0 fully saturated rings. The molecule has 0 saturated heterocycles. The van der Waals surface area contributed by atoms with Crippen LogP contribution in [0, 0.1) is 0 Å². The lowest BCUT2D eigenvalue weighted by Gasteiger charge is -2.04. The molecule has 6 heteroatoms. The third kappa shape index (κ3) is 1.89. The van der Waals surface area contributed by atoms with Crippen LogP contribution in [-0.2, 0) is 6.54 Å². The third-order valence-corrected chi connectivity index (χ3v) is 1.24. The Kier molecular flexibility index (Phi) is 2.40. The Morgan fingerprint density at radius 3 is 3.00 bits per heavy atom. The number of nitrogens with zero attached hydrogens (tertiary/aromatic N) is 2. The molecule has 62 valence electrons. The lowest BCUT2D eigenvalue weighted by molar-refractivity contribution is 0.0804. The molecule has 0 aliphatic heterocycles. The number of hydrogen-bond acceptors (Lipinski definition) is 4. The topological polar surface area (TPSA) is 91.1 Å². The van der Waals surface area contributed by atoms with E-state index in [9.17, 15) is 4.79 Å². The Bertz CT molecular complexity index is 266. The molecule has 0 aliphatic rings. The number of hydrogen-bond donors (Lipinski definition) is 3. The highest BCUT2D eigenvalue weighted by atomic mass is 16.3. The van der Waals surface area contributed by atoms with Gasteiger partial charge in [0.1, 0.15) is 6.33 Å². The molecule has 0 aromatic carbocycles. The van der Waals surface area contributed by atoms with Gasteiger partial charge >= 0.3 is 5.69 Å². The highest BCUT2D eigenvalue weighted by molar-refractivity contribution is 4.65. The summed E-state index contributed by atoms with van der Waals surface area (Å²) in [5, 5.41) is 22.9. The van der Waals surface area contributed by atoms with E-state index in [4.69, 9.17) is 10.2 Å². The van der Waals surface area contributed by atoms with Gasteiger partial charge in [-0.05, 0) is 0 Å². The molecule has 1 heterocycles. The Balaban J connectivity index is 2.64. The summed E-state index contributed by atoms with van der Waals surface area (Å²) in [6.45, 7) is -0.302. The van der Waals surface area contributed by atoms with E-state index in [-0.39, 0.29) is 13.2 Å². The van der Waals surface area contributed by atoms with Crippen LogP contribution in [0.15, 0.2) is 11.1 Å². The molecule has 0 radical (unpaired) electrons. The Morgan fingerprint density at radius 1 is 1.82 bits per heavy atom. The molecule has 1 unspecified atom stereocenters. The molecule has 0 bridgehead atoms. The van der Waals surface area contributed by atoms with E-state index in [1.54, 1.807) is 0 Å². The molecule has 1 atom stereocenters. The number of H-pyrrole nitrogens is 1. The monoisotopic (exact) mass is 159 g/mol. The summed E-state index contributed by atoms with van der Waals surface area (Å²) < 4.78 is 1.18. The fraction of sp³-hybridized carbons (Fsp3) is 0.600. The van der Waals surface area contributed by atoms with Gasteiger partial charge in [-0.1, -0.05) is 0 Å². The summed E-state index contributed by atoms with van der Waals surface area (Å²) in [5.41, 5.74) is -0.391. The zero-order valence-electron chi connectivity index (χ0n) is 5.77. The van der Waals surface area contributed by atoms with Gasteiger partial charge < -0.3 is 10.2 Å². The van der Waals surface area contributed by atoms with Crippen LogP contribution in [0.25, 0.3) is 0 Å². The number of aliphatic hydroxyl groups excluding tert-OH is 2. The normalized spacial score (nSPS) is 13.3. The molecule has 1 rings (SSSR count). The zero-order chi connectivity index (χ0) is 8.27. The second-order valence-electron chi connectivity index (χ2n) is 2.15. The third-order valence-electron chi connectivity index (χ3n) is 1.24. The van der Waals surface area contributed by atoms with Crippen molar-refractivity contribution in [2.75, 3.05) is 6.61 Å². The van der Waals surface area contributed by atoms with Gasteiger partial charge in [0.15, 0.2) is 0 Å². The maximum Gasteiger partial charge on any atom is 0.343 e. The standard InChI is InChI=1S/C5H9N3O3/c9-2-4(10)1-8-3-6-7-5(8)11/h3-4,9-10H,1-2H2,(H,7,11). The van der Waals surface area contributed by atoms with Crippen LogP contribution in [0.4, 0.5) is 0 Å². The summed E-state index contributed by atoms with van der Waals surface area (Å²) in [6, 6.07) is 0. The van der Waals surface area contributed by atoms with E-state index in [0.717, 1.165) is 0 Å². The van der Waals surface area contributed by atoms with Gasteiger partial charge in [0, 0.05) is 0 Å². The summed E-state index contributed by atoms with van der Waals surface area (Å²) in [4.78, 5) is 10.7. The van der Waals surface area contributed by atoms with Gasteiger partial charge in [-0.25, -0.2) is 9.89 Å². The van der Waals surface area contributed by atoms with Crippen molar-refractivity contribution < 1.29 is 10.2 Å². The first-order valence-corrected chi connectivity index (χ1v) is 3.12. The minimum Gasteiger partial charge on any atom is -0.394 e. The lowest BCUT2D eigenvalue weighted by Crippen LogP contribution is -2.26. The molecule has 6 nitrogen and oxygen atoms in total. The Labute approximate surface area is 62.1 Å². The molecule has 11 heavy (non-hydrogen) atoms. The van der Waals surface area contributed by atoms with Gasteiger partial charge in [-0.3, -0.25) is 4.57 Å². The lowest BCUT2D eigenvalue weighted by atomic mass is 10.4. The minimum atomic E-state index is -0.912. The van der Waals surface area contributed by atoms with E-state index in [0.29, 0.717) is 0 Å². The van der Waals surface area contributed by atoms with Crippen LogP contribution in [0.1, 0.15) is 0 Å². The number of nitrogens with one attached hydrogen (secondary N) is 1. The average Bonchev–Trinajstić information content (AvgIpc) is 2.37. The van der Waals surface area contributed by atoms with Crippen molar-refractivity contribution >= 4 is 0 Å². The molecule has 1 aromatic heterocycles. The number of rotatable bonds is 3. The molecule has 0 aliphatic carbocycles. The summed E-state index contributed by atoms with van der Waals surface area (Å²) in [7, 11) is 0. The largest absolute Gasteiger partial charge is 0.394 e. The van der Waals surface area contributed by atoms with Crippen molar-refractivity contribution in [2.24, 2.45) is 0 Å². The second-order valence-corrected chi connectivity index (χ2v) is 2.15. The van der Waals surface area contributed by atoms with Crippen LogP contribution in [0.2, 0.25) is 0 Å². The summed E-state index contributed by atoms with van der Waals surface area (Å²) in [5.74, 6) is 0. The van der Waals surface area contributed by atoms with Crippen LogP contribution in [0.5, 0.6) is 0 Å². The Morgan fingerprint density at radius 2 is 2.55 bits per heavy atom. The number of aromatic amines is 1. The van der Waals surface area contributed by atoms with E-state index in [2.05, 4.69) is 10.2 Å². The van der Waals surface area contributed by atoms with E-state index in [1.165, 1.54) is 10.9 Å². The molecule has 3 N–H and O–H groups in total. The van der Waals surface area contributed by atoms with Crippen molar-refractivity contribution in [3.8, 4) is 0 Å². The van der Waals surface area contributed by atoms with Gasteiger partial charge in [0.2, 0.25) is 0 Å². The summed E-state index contributed by atoms with van der Waals surface area (Å²) in [6.07, 6.45) is 0.353. The van der Waals surface area contributed by atoms with Crippen LogP contribution in [0.3, 0.4) is 0 Å². The fourth-order valence-corrected chi connectivity index (χ4v) is 0.685. The first-order valence-electron chi connectivity index (χ1n) is 3.12. The van der Waals surface area contributed by atoms with Crippen LogP contribution >= 0.6 is 0 Å². The first-order chi connectivity index (χ1) is 5.24. The van der Waals surface area contributed by atoms with Crippen molar-refractivity contribution in [3.63, 3.8) is 0 Å². The zero-order valence-corrected chi connectivity index (χ0v) is 5.77. The SMILES string of the molecule is O=c1[nH]ncn1CC(O)CO. The van der Waals surface area contributed by atoms with Crippen molar-refractivity contribution in [1.29, 1.82) is 0 Å². The van der Waals surface area contributed by atoms with E-state index in [1.807, 2.05) is 0 Å². The van der Waals surface area contributed by atoms with Crippen molar-refractivity contribution in [2.45, 2.75) is 12.6 Å². The maximum absolute atomic E-state index is 10.7. The highest BCUT2D eigenvalue weighted by Gasteiger charge is 2.04. The summed E-state index contributed by atoms with van der Waals surface area (Å²) >= 11 is 0.